The van der Waals surface area contributed by atoms with Gasteiger partial charge in [-0.3, -0.25) is 0 Å². The summed E-state index contributed by atoms with van der Waals surface area (Å²) in [5, 5.41) is 0. The zero-order valence-corrected chi connectivity index (χ0v) is 4.17. The van der Waals surface area contributed by atoms with Crippen molar-refractivity contribution >= 4 is 41.9 Å². The maximum atomic E-state index is 0. The molecule has 0 atom stereocenters. The van der Waals surface area contributed by atoms with Gasteiger partial charge in [0, 0.05) is 19.5 Å². The van der Waals surface area contributed by atoms with Gasteiger partial charge in [-0.2, -0.15) is 0 Å². The van der Waals surface area contributed by atoms with Crippen molar-refractivity contribution < 1.29 is 25.0 Å². The predicted octanol–water partition coefficient (Wildman–Crippen LogP) is -2.39. The first-order chi connectivity index (χ1) is 0. The van der Waals surface area contributed by atoms with Gasteiger partial charge in [-0.05, 0) is 0 Å². The summed E-state index contributed by atoms with van der Waals surface area (Å²) in [6.07, 6.45) is 0. The van der Waals surface area contributed by atoms with Gasteiger partial charge in [-0.1, -0.05) is 0 Å². The molecule has 0 saturated carbocycles. The van der Waals surface area contributed by atoms with E-state index in [2.05, 4.69) is 0 Å². The second-order valence-corrected chi connectivity index (χ2v) is 0. The Hall–Kier alpha value is 1.95. The Labute approximate surface area is 66.3 Å². The molecule has 0 aromatic heterocycles. The molecule has 0 amide bonds. The van der Waals surface area contributed by atoms with E-state index in [4.69, 9.17) is 0 Å². The van der Waals surface area contributed by atoms with Crippen LogP contribution in [0.5, 0.6) is 0 Å². The first-order valence-electron chi connectivity index (χ1n) is 0. The summed E-state index contributed by atoms with van der Waals surface area (Å²) >= 11 is 0. The Morgan fingerprint density at radius 2 is 1.00 bits per heavy atom. The molecule has 0 saturated heterocycles. The fourth-order valence-corrected chi connectivity index (χ4v) is 0. The van der Waals surface area contributed by atoms with Crippen molar-refractivity contribution in [1.82, 2.24) is 0 Å². The van der Waals surface area contributed by atoms with Gasteiger partial charge >= 0.3 is 41.9 Å². The molecule has 0 radical (unpaired) electrons. The Kier molecular flexibility index (Phi) is 195. The SMILES string of the molecule is O.[LiH].[MgH2].[Zn]. The molecule has 0 unspecified atom stereocenters. The van der Waals surface area contributed by atoms with Crippen LogP contribution in [0.4, 0.5) is 0 Å². The third-order valence-electron chi connectivity index (χ3n) is 0. The molecule has 2 N–H and O–H groups in total. The minimum Gasteiger partial charge on any atom is 0 e. The quantitative estimate of drug-likeness (QED) is 0.317. The van der Waals surface area contributed by atoms with E-state index in [-0.39, 0.29) is 66.9 Å². The van der Waals surface area contributed by atoms with Gasteiger partial charge in [0.05, 0.1) is 0 Å². The molecule has 0 aliphatic rings. The van der Waals surface area contributed by atoms with Gasteiger partial charge in [0.2, 0.25) is 0 Å². The largest absolute Gasteiger partial charge is 0.316 e. The molecule has 0 aromatic carbocycles. The topological polar surface area (TPSA) is 31.5 Å². The van der Waals surface area contributed by atoms with E-state index in [1.165, 1.54) is 0 Å². The number of rotatable bonds is 0. The summed E-state index contributed by atoms with van der Waals surface area (Å²) < 4.78 is 0. The van der Waals surface area contributed by atoms with E-state index in [0.29, 0.717) is 0 Å². The molecule has 0 rings (SSSR count). The van der Waals surface area contributed by atoms with Crippen molar-refractivity contribution in [2.75, 3.05) is 0 Å². The van der Waals surface area contributed by atoms with Crippen LogP contribution >= 0.6 is 0 Å². The molecule has 0 fully saturated rings. The maximum absolute atomic E-state index is 0. The van der Waals surface area contributed by atoms with Crippen molar-refractivity contribution in [3.05, 3.63) is 0 Å². The monoisotopic (exact) mass is 116 g/mol. The second kappa shape index (κ2) is 20.3. The van der Waals surface area contributed by atoms with Gasteiger partial charge in [0.25, 0.3) is 0 Å². The number of hydrogen-bond donors (Lipinski definition) is 0. The molecule has 1 nitrogen and oxygen atoms in total. The maximum Gasteiger partial charge on any atom is 0.316 e. The van der Waals surface area contributed by atoms with E-state index in [1.807, 2.05) is 0 Å². The molecule has 0 aromatic rings. The van der Waals surface area contributed by atoms with E-state index in [9.17, 15) is 0 Å². The van der Waals surface area contributed by atoms with Gasteiger partial charge in [-0.25, -0.2) is 0 Å². The van der Waals surface area contributed by atoms with Crippen LogP contribution in [0.25, 0.3) is 0 Å². The van der Waals surface area contributed by atoms with E-state index in [0.717, 1.165) is 0 Å². The molecule has 0 bridgehead atoms. The van der Waals surface area contributed by atoms with Gasteiger partial charge in [0.1, 0.15) is 0 Å². The van der Waals surface area contributed by atoms with Crippen molar-refractivity contribution in [3.8, 4) is 0 Å². The minimum absolute atomic E-state index is 0. The molecule has 4 heavy (non-hydrogen) atoms. The average molecular weight is 118 g/mol. The molecule has 4 heteroatoms. The molecule has 0 aliphatic carbocycles. The molecular formula is H5LiMgOZn. The van der Waals surface area contributed by atoms with E-state index < -0.39 is 0 Å². The molecule has 0 aliphatic heterocycles. The molecule has 0 spiro atoms. The summed E-state index contributed by atoms with van der Waals surface area (Å²) in [5.74, 6) is 0. The summed E-state index contributed by atoms with van der Waals surface area (Å²) in [6.45, 7) is 0. The van der Waals surface area contributed by atoms with Gasteiger partial charge < -0.3 is 5.48 Å². The summed E-state index contributed by atoms with van der Waals surface area (Å²) in [4.78, 5) is 0. The fourth-order valence-electron chi connectivity index (χ4n) is 0. The number of hydrogen-bond acceptors (Lipinski definition) is 0. The van der Waals surface area contributed by atoms with Gasteiger partial charge in [-0.15, -0.1) is 0 Å². The predicted molar refractivity (Wildman–Crippen MR) is 19.3 cm³/mol. The van der Waals surface area contributed by atoms with Crippen molar-refractivity contribution in [2.45, 2.75) is 0 Å². The zero-order chi connectivity index (χ0) is 0. The smallest absolute Gasteiger partial charge is 0 e. The van der Waals surface area contributed by atoms with Crippen LogP contribution in [0.1, 0.15) is 0 Å². The van der Waals surface area contributed by atoms with Crippen molar-refractivity contribution in [2.24, 2.45) is 0 Å². The Bertz CT molecular complexity index is 8.00. The summed E-state index contributed by atoms with van der Waals surface area (Å²) in [5.41, 5.74) is 0. The molecule has 16 valence electrons. The third kappa shape index (κ3) is 9.04. The van der Waals surface area contributed by atoms with Crippen LogP contribution in [0.3, 0.4) is 0 Å². The van der Waals surface area contributed by atoms with Crippen LogP contribution in [-0.2, 0) is 19.5 Å². The third-order valence-corrected chi connectivity index (χ3v) is 0. The Balaban J connectivity index is 0. The van der Waals surface area contributed by atoms with Crippen LogP contribution < -0.4 is 0 Å². The zero-order valence-electron chi connectivity index (χ0n) is 1.21. The molecule has 0 heterocycles. The van der Waals surface area contributed by atoms with Gasteiger partial charge in [0.15, 0.2) is 0 Å². The van der Waals surface area contributed by atoms with Crippen LogP contribution in [0, 0.1) is 0 Å². The Morgan fingerprint density at radius 3 is 1.00 bits per heavy atom. The minimum atomic E-state index is 0. The first kappa shape index (κ1) is 38.4. The Morgan fingerprint density at radius 1 is 1.00 bits per heavy atom. The van der Waals surface area contributed by atoms with E-state index >= 15 is 0 Å². The van der Waals surface area contributed by atoms with Crippen molar-refractivity contribution in [1.29, 1.82) is 0 Å². The van der Waals surface area contributed by atoms with E-state index in [1.54, 1.807) is 0 Å². The fraction of sp³-hybridized carbons (Fsp3) is 0. The van der Waals surface area contributed by atoms with Crippen LogP contribution in [0.2, 0.25) is 0 Å². The first-order valence-corrected chi connectivity index (χ1v) is 0. The average Bonchev–Trinajstić information content (AvgIpc) is 0. The second-order valence-electron chi connectivity index (χ2n) is 0. The van der Waals surface area contributed by atoms with Crippen LogP contribution in [-0.4, -0.2) is 47.4 Å². The van der Waals surface area contributed by atoms with Crippen molar-refractivity contribution in [3.63, 3.8) is 0 Å². The normalized spacial score (nSPS) is 0. The summed E-state index contributed by atoms with van der Waals surface area (Å²) in [6, 6.07) is 0. The van der Waals surface area contributed by atoms with Crippen LogP contribution in [0.15, 0.2) is 0 Å². The standard InChI is InChI=1S/Li.Mg.H2O.Zn.3H/h;;1H2;;;;. The molecular weight excluding hydrogens is 113 g/mol. The summed E-state index contributed by atoms with van der Waals surface area (Å²) in [7, 11) is 0.